The summed E-state index contributed by atoms with van der Waals surface area (Å²) in [5.74, 6) is 0.752. The molecule has 2 fully saturated rings. The second-order valence-electron chi connectivity index (χ2n) is 9.53. The van der Waals surface area contributed by atoms with Gasteiger partial charge in [-0.2, -0.15) is 0 Å². The van der Waals surface area contributed by atoms with Crippen LogP contribution >= 0.6 is 0 Å². The van der Waals surface area contributed by atoms with Crippen molar-refractivity contribution in [1.29, 1.82) is 0 Å². The van der Waals surface area contributed by atoms with E-state index in [1.54, 1.807) is 0 Å². The summed E-state index contributed by atoms with van der Waals surface area (Å²) >= 11 is 0. The van der Waals surface area contributed by atoms with E-state index in [2.05, 4.69) is 41.4 Å². The van der Waals surface area contributed by atoms with Gasteiger partial charge in [0.05, 0.1) is 6.10 Å². The molecule has 2 N–H and O–H groups in total. The fourth-order valence-corrected chi connectivity index (χ4v) is 5.18. The fraction of sp³-hybridized carbons (Fsp3) is 0.667. The van der Waals surface area contributed by atoms with Crippen LogP contribution in [0.5, 0.6) is 0 Å². The van der Waals surface area contributed by atoms with Crippen molar-refractivity contribution in [3.05, 3.63) is 35.4 Å². The van der Waals surface area contributed by atoms with Gasteiger partial charge < -0.3 is 20.2 Å². The van der Waals surface area contributed by atoms with Gasteiger partial charge in [0, 0.05) is 58.3 Å². The standard InChI is InChI=1S/C24H36N4O3/c1-18-8-9-23(30)28(14-18)21-7-4-11-27(16-21)24(31)25-13-22(29)17-26-12-10-19-5-2-3-6-20(19)15-26/h2-3,5-6,18,21-22,29H,4,7-17H2,1H3,(H,25,31)/t18?,21-,22+/m1/s1. The van der Waals surface area contributed by atoms with Crippen LogP contribution in [0.25, 0.3) is 0 Å². The van der Waals surface area contributed by atoms with Crippen LogP contribution in [0, 0.1) is 5.92 Å². The number of aliphatic hydroxyl groups excluding tert-OH is 1. The highest BCUT2D eigenvalue weighted by molar-refractivity contribution is 5.78. The molecule has 1 aromatic carbocycles. The Morgan fingerprint density at radius 2 is 1.97 bits per heavy atom. The quantitative estimate of drug-likeness (QED) is 0.750. The van der Waals surface area contributed by atoms with E-state index in [1.807, 2.05) is 9.80 Å². The Labute approximate surface area is 185 Å². The predicted molar refractivity (Wildman–Crippen MR) is 120 cm³/mol. The zero-order valence-corrected chi connectivity index (χ0v) is 18.6. The number of fused-ring (bicyclic) bond motifs is 1. The highest BCUT2D eigenvalue weighted by Gasteiger charge is 2.33. The molecule has 1 aromatic rings. The molecule has 3 aliphatic rings. The van der Waals surface area contributed by atoms with Crippen molar-refractivity contribution in [2.75, 3.05) is 39.3 Å². The van der Waals surface area contributed by atoms with Crippen molar-refractivity contribution in [3.8, 4) is 0 Å². The summed E-state index contributed by atoms with van der Waals surface area (Å²) in [6, 6.07) is 8.44. The second kappa shape index (κ2) is 10.0. The minimum atomic E-state index is -0.598. The molecule has 0 aromatic heterocycles. The number of benzene rings is 1. The van der Waals surface area contributed by atoms with E-state index in [0.29, 0.717) is 32.0 Å². The molecule has 0 radical (unpaired) electrons. The Balaban J connectivity index is 1.22. The van der Waals surface area contributed by atoms with Gasteiger partial charge in [0.2, 0.25) is 5.91 Å². The highest BCUT2D eigenvalue weighted by atomic mass is 16.3. The maximum Gasteiger partial charge on any atom is 0.317 e. The third-order valence-electron chi connectivity index (χ3n) is 6.97. The summed E-state index contributed by atoms with van der Waals surface area (Å²) in [5, 5.41) is 13.4. The maximum atomic E-state index is 12.7. The third-order valence-corrected chi connectivity index (χ3v) is 6.97. The first-order chi connectivity index (χ1) is 15.0. The predicted octanol–water partition coefficient (Wildman–Crippen LogP) is 1.84. The van der Waals surface area contributed by atoms with E-state index in [9.17, 15) is 14.7 Å². The summed E-state index contributed by atoms with van der Waals surface area (Å²) in [6.45, 7) is 6.86. The van der Waals surface area contributed by atoms with Crippen LogP contribution in [0.3, 0.4) is 0 Å². The van der Waals surface area contributed by atoms with E-state index < -0.39 is 6.10 Å². The lowest BCUT2D eigenvalue weighted by molar-refractivity contribution is -0.138. The SMILES string of the molecule is CC1CCC(=O)N([C@@H]2CCCN(C(=O)NC[C@H](O)CN3CCc4ccccc4C3)C2)C1. The molecule has 3 atom stereocenters. The van der Waals surface area contributed by atoms with Gasteiger partial charge in [-0.15, -0.1) is 0 Å². The molecule has 7 nitrogen and oxygen atoms in total. The number of carbonyl (C=O) groups is 2. The average molecular weight is 429 g/mol. The molecule has 31 heavy (non-hydrogen) atoms. The van der Waals surface area contributed by atoms with Crippen molar-refractivity contribution in [2.24, 2.45) is 5.92 Å². The van der Waals surface area contributed by atoms with E-state index in [1.165, 1.54) is 11.1 Å². The normalized spacial score (nSPS) is 25.8. The molecule has 0 saturated carbocycles. The smallest absolute Gasteiger partial charge is 0.317 e. The minimum Gasteiger partial charge on any atom is -0.390 e. The summed E-state index contributed by atoms with van der Waals surface area (Å²) in [7, 11) is 0. The molecule has 0 spiro atoms. The molecule has 2 saturated heterocycles. The van der Waals surface area contributed by atoms with Crippen LogP contribution in [0.15, 0.2) is 24.3 Å². The van der Waals surface area contributed by atoms with Gasteiger partial charge in [0.25, 0.3) is 0 Å². The lowest BCUT2D eigenvalue weighted by atomic mass is 9.95. The molecule has 170 valence electrons. The average Bonchev–Trinajstić information content (AvgIpc) is 2.79. The van der Waals surface area contributed by atoms with Crippen LogP contribution in [-0.2, 0) is 17.8 Å². The van der Waals surface area contributed by atoms with E-state index in [0.717, 1.165) is 45.3 Å². The third kappa shape index (κ3) is 5.57. The maximum absolute atomic E-state index is 12.7. The van der Waals surface area contributed by atoms with E-state index in [4.69, 9.17) is 0 Å². The number of β-amino-alcohol motifs (C(OH)–C–C–N with tert-alkyl or cyclic N) is 1. The molecule has 0 aliphatic carbocycles. The van der Waals surface area contributed by atoms with Crippen LogP contribution in [0.2, 0.25) is 0 Å². The van der Waals surface area contributed by atoms with Gasteiger partial charge >= 0.3 is 6.03 Å². The molecule has 1 unspecified atom stereocenters. The molecule has 3 aliphatic heterocycles. The number of aliphatic hydroxyl groups is 1. The molecule has 4 rings (SSSR count). The lowest BCUT2D eigenvalue weighted by Crippen LogP contribution is -2.56. The lowest BCUT2D eigenvalue weighted by Gasteiger charge is -2.42. The number of hydrogen-bond acceptors (Lipinski definition) is 4. The molecule has 7 heteroatoms. The fourth-order valence-electron chi connectivity index (χ4n) is 5.18. The number of rotatable bonds is 5. The summed E-state index contributed by atoms with van der Waals surface area (Å²) < 4.78 is 0. The van der Waals surface area contributed by atoms with Crippen molar-refractivity contribution in [2.45, 2.75) is 57.7 Å². The number of amides is 3. The first-order valence-electron chi connectivity index (χ1n) is 11.8. The topological polar surface area (TPSA) is 76.1 Å². The number of nitrogens with one attached hydrogen (secondary N) is 1. The molecular weight excluding hydrogens is 392 g/mol. The Hall–Kier alpha value is -2.12. The number of piperidine rings is 2. The monoisotopic (exact) mass is 428 g/mol. The van der Waals surface area contributed by atoms with Crippen molar-refractivity contribution < 1.29 is 14.7 Å². The van der Waals surface area contributed by atoms with Crippen molar-refractivity contribution in [1.82, 2.24) is 20.0 Å². The van der Waals surface area contributed by atoms with Gasteiger partial charge in [-0.1, -0.05) is 31.2 Å². The number of hydrogen-bond donors (Lipinski definition) is 2. The van der Waals surface area contributed by atoms with Crippen LogP contribution in [0.4, 0.5) is 4.79 Å². The Morgan fingerprint density at radius 1 is 1.16 bits per heavy atom. The largest absolute Gasteiger partial charge is 0.390 e. The molecule has 3 amide bonds. The molecular formula is C24H36N4O3. The Kier molecular flexibility index (Phi) is 7.13. The number of nitrogens with zero attached hydrogens (tertiary/aromatic N) is 3. The Morgan fingerprint density at radius 3 is 2.81 bits per heavy atom. The van der Waals surface area contributed by atoms with E-state index in [-0.39, 0.29) is 24.5 Å². The number of likely N-dealkylation sites (tertiary alicyclic amines) is 2. The molecule has 0 bridgehead atoms. The Bertz CT molecular complexity index is 786. The van der Waals surface area contributed by atoms with Crippen molar-refractivity contribution in [3.63, 3.8) is 0 Å². The zero-order chi connectivity index (χ0) is 21.8. The van der Waals surface area contributed by atoms with Crippen LogP contribution in [-0.4, -0.2) is 83.2 Å². The first-order valence-corrected chi connectivity index (χ1v) is 11.8. The number of carbonyl (C=O) groups excluding carboxylic acids is 2. The second-order valence-corrected chi connectivity index (χ2v) is 9.53. The molecule has 3 heterocycles. The van der Waals surface area contributed by atoms with Crippen molar-refractivity contribution >= 4 is 11.9 Å². The summed E-state index contributed by atoms with van der Waals surface area (Å²) in [5.41, 5.74) is 2.72. The summed E-state index contributed by atoms with van der Waals surface area (Å²) in [6.07, 6.45) is 3.86. The van der Waals surface area contributed by atoms with E-state index >= 15 is 0 Å². The highest BCUT2D eigenvalue weighted by Crippen LogP contribution is 2.24. The first kappa shape index (κ1) is 22.1. The van der Waals surface area contributed by atoms with Gasteiger partial charge in [0.1, 0.15) is 0 Å². The van der Waals surface area contributed by atoms with Gasteiger partial charge in [-0.25, -0.2) is 4.79 Å². The summed E-state index contributed by atoms with van der Waals surface area (Å²) in [4.78, 5) is 31.1. The van der Waals surface area contributed by atoms with Gasteiger partial charge in [-0.3, -0.25) is 9.69 Å². The minimum absolute atomic E-state index is 0.119. The van der Waals surface area contributed by atoms with Gasteiger partial charge in [-0.05, 0) is 42.7 Å². The number of urea groups is 1. The zero-order valence-electron chi connectivity index (χ0n) is 18.6. The van der Waals surface area contributed by atoms with Crippen LogP contribution in [0.1, 0.15) is 43.7 Å². The van der Waals surface area contributed by atoms with Crippen LogP contribution < -0.4 is 5.32 Å². The van der Waals surface area contributed by atoms with Gasteiger partial charge in [0.15, 0.2) is 0 Å².